The number of hydrogen-bond donors (Lipinski definition) is 2. The Morgan fingerprint density at radius 1 is 0.655 bits per heavy atom. The Hall–Kier alpha value is -3.57. The van der Waals surface area contributed by atoms with Crippen molar-refractivity contribution in [3.05, 3.63) is 97.1 Å². The lowest BCUT2D eigenvalue weighted by Crippen LogP contribution is -2.13. The van der Waals surface area contributed by atoms with Crippen LogP contribution in [0.3, 0.4) is 0 Å². The number of para-hydroxylation sites is 2. The normalized spacial score (nSPS) is 11.7. The van der Waals surface area contributed by atoms with Gasteiger partial charge in [-0.05, 0) is 41.1 Å². The number of fused-ring (bicyclic) bond motifs is 2. The number of rotatable bonds is 4. The maximum Gasteiger partial charge on any atom is 0.261 e. The molecule has 0 fully saturated rings. The molecular weight excluding hydrogens is 380 g/mol. The molecule has 0 bridgehead atoms. The summed E-state index contributed by atoms with van der Waals surface area (Å²) < 4.78 is 28.9. The van der Waals surface area contributed by atoms with Gasteiger partial charge in [-0.1, -0.05) is 66.7 Å². The second-order valence-electron chi connectivity index (χ2n) is 6.93. The van der Waals surface area contributed by atoms with Gasteiger partial charge in [0.2, 0.25) is 0 Å². The second kappa shape index (κ2) is 6.79. The number of aromatic nitrogens is 1. The van der Waals surface area contributed by atoms with E-state index in [0.29, 0.717) is 5.69 Å². The van der Waals surface area contributed by atoms with Gasteiger partial charge in [-0.15, -0.1) is 0 Å². The summed E-state index contributed by atoms with van der Waals surface area (Å²) >= 11 is 0. The summed E-state index contributed by atoms with van der Waals surface area (Å²) in [4.78, 5) is 3.61. The SMILES string of the molecule is O=S(=O)(Nc1ccccc1-c1cc2ccccc2[nH]1)c1ccc2ccccc2c1. The van der Waals surface area contributed by atoms with Crippen LogP contribution in [-0.4, -0.2) is 13.4 Å². The molecule has 1 heterocycles. The highest BCUT2D eigenvalue weighted by Gasteiger charge is 2.17. The summed E-state index contributed by atoms with van der Waals surface area (Å²) in [7, 11) is -3.73. The largest absolute Gasteiger partial charge is 0.354 e. The maximum absolute atomic E-state index is 13.1. The van der Waals surface area contributed by atoms with Gasteiger partial charge in [0.15, 0.2) is 0 Å². The third-order valence-electron chi connectivity index (χ3n) is 5.02. The molecule has 0 saturated heterocycles. The lowest BCUT2D eigenvalue weighted by atomic mass is 10.1. The van der Waals surface area contributed by atoms with Crippen molar-refractivity contribution in [2.75, 3.05) is 4.72 Å². The van der Waals surface area contributed by atoms with Crippen LogP contribution in [0.4, 0.5) is 5.69 Å². The van der Waals surface area contributed by atoms with E-state index in [1.54, 1.807) is 18.2 Å². The van der Waals surface area contributed by atoms with Gasteiger partial charge in [-0.2, -0.15) is 0 Å². The summed E-state index contributed by atoms with van der Waals surface area (Å²) in [5.41, 5.74) is 3.21. The van der Waals surface area contributed by atoms with E-state index in [4.69, 9.17) is 0 Å². The van der Waals surface area contributed by atoms with Gasteiger partial charge in [-0.25, -0.2) is 8.42 Å². The fourth-order valence-corrected chi connectivity index (χ4v) is 4.68. The fraction of sp³-hybridized carbons (Fsp3) is 0. The summed E-state index contributed by atoms with van der Waals surface area (Å²) in [6.45, 7) is 0. The molecule has 0 spiro atoms. The molecule has 0 unspecified atom stereocenters. The number of nitrogens with one attached hydrogen (secondary N) is 2. The van der Waals surface area contributed by atoms with Gasteiger partial charge >= 0.3 is 0 Å². The monoisotopic (exact) mass is 398 g/mol. The predicted molar refractivity (Wildman–Crippen MR) is 118 cm³/mol. The molecule has 5 aromatic rings. The molecule has 2 N–H and O–H groups in total. The molecule has 4 nitrogen and oxygen atoms in total. The van der Waals surface area contributed by atoms with Crippen molar-refractivity contribution in [2.24, 2.45) is 0 Å². The molecule has 0 aliphatic carbocycles. The van der Waals surface area contributed by atoms with Gasteiger partial charge in [0, 0.05) is 22.2 Å². The minimum atomic E-state index is -3.73. The van der Waals surface area contributed by atoms with E-state index in [1.807, 2.05) is 78.9 Å². The van der Waals surface area contributed by atoms with E-state index in [1.165, 1.54) is 0 Å². The van der Waals surface area contributed by atoms with Gasteiger partial charge in [0.05, 0.1) is 10.6 Å². The van der Waals surface area contributed by atoms with E-state index in [-0.39, 0.29) is 4.90 Å². The third kappa shape index (κ3) is 3.26. The molecule has 5 rings (SSSR count). The first-order chi connectivity index (χ1) is 14.1. The Morgan fingerprint density at radius 3 is 2.17 bits per heavy atom. The maximum atomic E-state index is 13.1. The van der Waals surface area contributed by atoms with Crippen molar-refractivity contribution in [3.8, 4) is 11.3 Å². The Bertz CT molecular complexity index is 1420. The summed E-state index contributed by atoms with van der Waals surface area (Å²) in [5.74, 6) is 0. The molecule has 0 saturated carbocycles. The molecule has 0 atom stereocenters. The van der Waals surface area contributed by atoms with Crippen LogP contribution < -0.4 is 4.72 Å². The Kier molecular flexibility index (Phi) is 4.11. The Balaban J connectivity index is 1.56. The van der Waals surface area contributed by atoms with Crippen LogP contribution in [-0.2, 0) is 10.0 Å². The van der Waals surface area contributed by atoms with Crippen molar-refractivity contribution in [3.63, 3.8) is 0 Å². The minimum Gasteiger partial charge on any atom is -0.354 e. The number of hydrogen-bond acceptors (Lipinski definition) is 2. The lowest BCUT2D eigenvalue weighted by Gasteiger charge is -2.12. The molecule has 0 aliphatic heterocycles. The molecule has 4 aromatic carbocycles. The molecule has 0 aliphatic rings. The van der Waals surface area contributed by atoms with Crippen LogP contribution in [0.25, 0.3) is 32.9 Å². The van der Waals surface area contributed by atoms with E-state index in [9.17, 15) is 8.42 Å². The third-order valence-corrected chi connectivity index (χ3v) is 6.39. The van der Waals surface area contributed by atoms with Crippen molar-refractivity contribution in [2.45, 2.75) is 4.90 Å². The van der Waals surface area contributed by atoms with Crippen LogP contribution >= 0.6 is 0 Å². The highest BCUT2D eigenvalue weighted by molar-refractivity contribution is 7.92. The van der Waals surface area contributed by atoms with Gasteiger partial charge < -0.3 is 4.98 Å². The summed E-state index contributed by atoms with van der Waals surface area (Å²) in [6, 6.07) is 30.3. The Morgan fingerprint density at radius 2 is 1.34 bits per heavy atom. The standard InChI is InChI=1S/C24H18N2O2S/c27-29(28,20-14-13-17-7-1-2-8-18(17)15-20)26-23-12-6-4-10-21(23)24-16-19-9-3-5-11-22(19)25-24/h1-16,25-26H. The van der Waals surface area contributed by atoms with Crippen molar-refractivity contribution < 1.29 is 8.42 Å². The molecular formula is C24H18N2O2S. The average molecular weight is 398 g/mol. The van der Waals surface area contributed by atoms with Gasteiger partial charge in [-0.3, -0.25) is 4.72 Å². The molecule has 5 heteroatoms. The number of benzene rings is 4. The van der Waals surface area contributed by atoms with Gasteiger partial charge in [0.1, 0.15) is 0 Å². The van der Waals surface area contributed by atoms with Crippen LogP contribution in [0.1, 0.15) is 0 Å². The molecule has 142 valence electrons. The van der Waals surface area contributed by atoms with E-state index < -0.39 is 10.0 Å². The summed E-state index contributed by atoms with van der Waals surface area (Å²) in [6.07, 6.45) is 0. The molecule has 29 heavy (non-hydrogen) atoms. The Labute approximate surface area is 168 Å². The minimum absolute atomic E-state index is 0.239. The first-order valence-corrected chi connectivity index (χ1v) is 10.8. The quantitative estimate of drug-likeness (QED) is 0.402. The highest BCUT2D eigenvalue weighted by Crippen LogP contribution is 2.31. The smallest absolute Gasteiger partial charge is 0.261 e. The lowest BCUT2D eigenvalue weighted by molar-refractivity contribution is 0.601. The zero-order chi connectivity index (χ0) is 19.8. The average Bonchev–Trinajstić information content (AvgIpc) is 3.17. The topological polar surface area (TPSA) is 62.0 Å². The molecule has 0 amide bonds. The van der Waals surface area contributed by atoms with Crippen molar-refractivity contribution >= 4 is 37.4 Å². The first-order valence-electron chi connectivity index (χ1n) is 9.29. The van der Waals surface area contributed by atoms with Gasteiger partial charge in [0.25, 0.3) is 10.0 Å². The zero-order valence-corrected chi connectivity index (χ0v) is 16.3. The number of anilines is 1. The van der Waals surface area contributed by atoms with Crippen LogP contribution in [0.2, 0.25) is 0 Å². The second-order valence-corrected chi connectivity index (χ2v) is 8.61. The van der Waals surface area contributed by atoms with Crippen molar-refractivity contribution in [1.29, 1.82) is 0 Å². The molecule has 1 aromatic heterocycles. The van der Waals surface area contributed by atoms with E-state index in [2.05, 4.69) is 9.71 Å². The number of sulfonamides is 1. The van der Waals surface area contributed by atoms with Crippen LogP contribution in [0, 0.1) is 0 Å². The van der Waals surface area contributed by atoms with Crippen LogP contribution in [0.5, 0.6) is 0 Å². The first kappa shape index (κ1) is 17.5. The predicted octanol–water partition coefficient (Wildman–Crippen LogP) is 5.79. The van der Waals surface area contributed by atoms with Crippen molar-refractivity contribution in [1.82, 2.24) is 4.98 Å². The van der Waals surface area contributed by atoms with Crippen LogP contribution in [0.15, 0.2) is 102 Å². The number of H-pyrrole nitrogens is 1. The molecule has 0 radical (unpaired) electrons. The fourth-order valence-electron chi connectivity index (χ4n) is 3.56. The summed E-state index contributed by atoms with van der Waals surface area (Å²) in [5, 5.41) is 2.97. The van der Waals surface area contributed by atoms with E-state index >= 15 is 0 Å². The zero-order valence-electron chi connectivity index (χ0n) is 15.5. The highest BCUT2D eigenvalue weighted by atomic mass is 32.2. The number of aromatic amines is 1. The van der Waals surface area contributed by atoms with E-state index in [0.717, 1.165) is 32.9 Å².